The van der Waals surface area contributed by atoms with Crippen molar-refractivity contribution in [2.75, 3.05) is 7.11 Å². The molecule has 2 aliphatic heterocycles. The highest BCUT2D eigenvalue weighted by Crippen LogP contribution is 2.66. The lowest BCUT2D eigenvalue weighted by Crippen LogP contribution is -2.70. The average Bonchev–Trinajstić information content (AvgIpc) is 3.27. The SMILES string of the molecule is COC1C=C([C@H]2[C@@]3(O)[C@H](O)[C@H]4C[C@]2(O)[C@](O)(C(=O)O4)[C@H]3C(=O)c2ccsc2)OC(=O)C1. The van der Waals surface area contributed by atoms with Crippen LogP contribution in [-0.2, 0) is 23.8 Å². The Morgan fingerprint density at radius 3 is 2.68 bits per heavy atom. The Hall–Kier alpha value is -2.15. The maximum atomic E-state index is 13.4. The summed E-state index contributed by atoms with van der Waals surface area (Å²) in [5.74, 6) is -6.82. The Kier molecular flexibility index (Phi) is 4.31. The molecule has 0 aromatic carbocycles. The van der Waals surface area contributed by atoms with E-state index in [4.69, 9.17) is 14.2 Å². The Morgan fingerprint density at radius 2 is 2.03 bits per heavy atom. The van der Waals surface area contributed by atoms with E-state index in [1.54, 1.807) is 5.38 Å². The fraction of sp³-hybridized carbons (Fsp3) is 0.550. The van der Waals surface area contributed by atoms with Crippen molar-refractivity contribution in [3.05, 3.63) is 34.2 Å². The summed E-state index contributed by atoms with van der Waals surface area (Å²) >= 11 is 1.18. The summed E-state index contributed by atoms with van der Waals surface area (Å²) in [5.41, 5.74) is -7.81. The third kappa shape index (κ3) is 2.36. The van der Waals surface area contributed by atoms with Crippen LogP contribution in [0.15, 0.2) is 28.7 Å². The largest absolute Gasteiger partial charge is 0.457 e. The normalized spacial score (nSPS) is 45.8. The number of carbonyl (C=O) groups excluding carboxylic acids is 3. The minimum atomic E-state index is -2.88. The number of thiophene rings is 1. The Bertz CT molecular complexity index is 1000. The van der Waals surface area contributed by atoms with E-state index in [9.17, 15) is 34.8 Å². The van der Waals surface area contributed by atoms with Crippen molar-refractivity contribution >= 4 is 29.1 Å². The molecule has 4 aliphatic rings. The molecule has 8 atom stereocenters. The molecule has 5 rings (SSSR count). The lowest BCUT2D eigenvalue weighted by Gasteiger charge is -2.51. The van der Waals surface area contributed by atoms with E-state index in [2.05, 4.69) is 0 Å². The van der Waals surface area contributed by atoms with E-state index in [1.165, 1.54) is 36.0 Å². The molecule has 10 nitrogen and oxygen atoms in total. The van der Waals surface area contributed by atoms with Gasteiger partial charge in [-0.2, -0.15) is 11.3 Å². The smallest absolute Gasteiger partial charge is 0.342 e. The van der Waals surface area contributed by atoms with Crippen LogP contribution in [0.25, 0.3) is 0 Å². The molecule has 0 amide bonds. The highest BCUT2D eigenvalue weighted by Gasteiger charge is 2.88. The van der Waals surface area contributed by atoms with Gasteiger partial charge < -0.3 is 34.6 Å². The third-order valence-corrected chi connectivity index (χ3v) is 7.68. The molecule has 3 fully saturated rings. The van der Waals surface area contributed by atoms with Crippen molar-refractivity contribution in [2.24, 2.45) is 11.8 Å². The first-order chi connectivity index (χ1) is 14.6. The summed E-state index contributed by atoms with van der Waals surface area (Å²) in [6.07, 6.45) is -3.22. The van der Waals surface area contributed by atoms with Gasteiger partial charge in [-0.25, -0.2) is 4.79 Å². The van der Waals surface area contributed by atoms with Crippen LogP contribution in [-0.4, -0.2) is 80.4 Å². The van der Waals surface area contributed by atoms with Crippen molar-refractivity contribution in [3.63, 3.8) is 0 Å². The molecule has 1 aromatic heterocycles. The molecular formula is C20H20O10S. The number of Topliss-reactive ketones (excluding diaryl/α,β-unsaturated/α-hetero) is 1. The van der Waals surface area contributed by atoms with Gasteiger partial charge in [-0.15, -0.1) is 0 Å². The van der Waals surface area contributed by atoms with E-state index >= 15 is 0 Å². The van der Waals surface area contributed by atoms with Crippen molar-refractivity contribution in [1.29, 1.82) is 0 Å². The van der Waals surface area contributed by atoms with Crippen molar-refractivity contribution in [1.82, 2.24) is 0 Å². The molecule has 4 N–H and O–H groups in total. The standard InChI is InChI=1S/C20H20O10S/c1-28-9-4-10(29-12(21)5-9)14-18(25)6-11-16(23)19(14,26)15(20(18,27)17(24)30-11)13(22)8-2-3-31-7-8/h2-4,7,9,11,14-16,23,25-27H,5-6H2,1H3/t9?,11-,14-,15+,16-,18-,19+,20-/m1/s1. The number of methoxy groups -OCH3 is 1. The van der Waals surface area contributed by atoms with Gasteiger partial charge in [0.25, 0.3) is 0 Å². The van der Waals surface area contributed by atoms with Gasteiger partial charge in [0.15, 0.2) is 5.78 Å². The highest BCUT2D eigenvalue weighted by molar-refractivity contribution is 7.08. The van der Waals surface area contributed by atoms with E-state index in [0.29, 0.717) is 0 Å². The number of esters is 2. The van der Waals surface area contributed by atoms with Gasteiger partial charge in [-0.1, -0.05) is 0 Å². The number of rotatable bonds is 4. The molecule has 3 bridgehead atoms. The molecule has 1 aromatic rings. The van der Waals surface area contributed by atoms with Gasteiger partial charge >= 0.3 is 11.9 Å². The van der Waals surface area contributed by atoms with Crippen LogP contribution in [0.1, 0.15) is 23.2 Å². The molecule has 2 saturated carbocycles. The zero-order valence-corrected chi connectivity index (χ0v) is 17.1. The van der Waals surface area contributed by atoms with Crippen LogP contribution >= 0.6 is 11.3 Å². The molecule has 0 spiro atoms. The number of carbonyl (C=O) groups is 3. The maximum absolute atomic E-state index is 13.4. The van der Waals surface area contributed by atoms with E-state index in [-0.39, 0.29) is 17.7 Å². The molecule has 1 unspecified atom stereocenters. The summed E-state index contributed by atoms with van der Waals surface area (Å²) in [6, 6.07) is 1.44. The average molecular weight is 452 g/mol. The lowest BCUT2D eigenvalue weighted by atomic mass is 9.65. The van der Waals surface area contributed by atoms with Gasteiger partial charge in [-0.05, 0) is 17.5 Å². The number of cyclic esters (lactones) is 1. The Morgan fingerprint density at radius 1 is 1.29 bits per heavy atom. The third-order valence-electron chi connectivity index (χ3n) is 6.99. The predicted octanol–water partition coefficient (Wildman–Crippen LogP) is -1.09. The van der Waals surface area contributed by atoms with Crippen molar-refractivity contribution in [2.45, 2.75) is 48.0 Å². The minimum absolute atomic E-state index is 0.0830. The number of fused-ring (bicyclic) bond motifs is 2. The number of aliphatic hydroxyl groups is 4. The Labute approximate surface area is 179 Å². The fourth-order valence-electron chi connectivity index (χ4n) is 5.67. The fourth-order valence-corrected chi connectivity index (χ4v) is 6.31. The second-order valence-corrected chi connectivity index (χ2v) is 9.21. The first kappa shape index (κ1) is 20.7. The number of ketones is 1. The van der Waals surface area contributed by atoms with Gasteiger partial charge in [0.05, 0.1) is 24.4 Å². The van der Waals surface area contributed by atoms with Gasteiger partial charge in [0.2, 0.25) is 5.60 Å². The van der Waals surface area contributed by atoms with E-state index in [1.807, 2.05) is 0 Å². The van der Waals surface area contributed by atoms with E-state index < -0.39 is 71.1 Å². The van der Waals surface area contributed by atoms with Gasteiger partial charge in [0.1, 0.15) is 29.2 Å². The van der Waals surface area contributed by atoms with Crippen LogP contribution in [0.3, 0.4) is 0 Å². The first-order valence-corrected chi connectivity index (χ1v) is 10.6. The molecule has 1 saturated heterocycles. The van der Waals surface area contributed by atoms with Crippen LogP contribution in [0, 0.1) is 11.8 Å². The summed E-state index contributed by atoms with van der Waals surface area (Å²) in [5, 5.41) is 49.0. The van der Waals surface area contributed by atoms with Crippen LogP contribution in [0.2, 0.25) is 0 Å². The maximum Gasteiger partial charge on any atom is 0.342 e. The molecule has 166 valence electrons. The van der Waals surface area contributed by atoms with Crippen LogP contribution in [0.5, 0.6) is 0 Å². The predicted molar refractivity (Wildman–Crippen MR) is 101 cm³/mol. The quantitative estimate of drug-likeness (QED) is 0.326. The summed E-state index contributed by atoms with van der Waals surface area (Å²) < 4.78 is 15.5. The second kappa shape index (κ2) is 6.44. The molecular weight excluding hydrogens is 432 g/mol. The Balaban J connectivity index is 1.75. The van der Waals surface area contributed by atoms with Crippen LogP contribution in [0.4, 0.5) is 0 Å². The monoisotopic (exact) mass is 452 g/mol. The summed E-state index contributed by atoms with van der Waals surface area (Å²) in [4.78, 5) is 38.4. The molecule has 0 radical (unpaired) electrons. The minimum Gasteiger partial charge on any atom is -0.457 e. The molecule has 3 heterocycles. The topological polar surface area (TPSA) is 160 Å². The number of hydrogen-bond acceptors (Lipinski definition) is 11. The lowest BCUT2D eigenvalue weighted by molar-refractivity contribution is -0.262. The molecule has 31 heavy (non-hydrogen) atoms. The van der Waals surface area contributed by atoms with Gasteiger partial charge in [-0.3, -0.25) is 9.59 Å². The number of ether oxygens (including phenoxy) is 3. The zero-order valence-electron chi connectivity index (χ0n) is 16.3. The summed E-state index contributed by atoms with van der Waals surface area (Å²) in [6.45, 7) is 0. The van der Waals surface area contributed by atoms with Crippen molar-refractivity contribution < 1.29 is 49.0 Å². The van der Waals surface area contributed by atoms with E-state index in [0.717, 1.165) is 0 Å². The highest BCUT2D eigenvalue weighted by atomic mass is 32.1. The number of hydrogen-bond donors (Lipinski definition) is 4. The molecule has 2 aliphatic carbocycles. The first-order valence-electron chi connectivity index (χ1n) is 9.67. The second-order valence-electron chi connectivity index (χ2n) is 8.43. The number of aliphatic hydroxyl groups excluding tert-OH is 1. The van der Waals surface area contributed by atoms with Gasteiger partial charge in [0, 0.05) is 24.5 Å². The van der Waals surface area contributed by atoms with Crippen LogP contribution < -0.4 is 0 Å². The summed E-state index contributed by atoms with van der Waals surface area (Å²) in [7, 11) is 1.35. The van der Waals surface area contributed by atoms with Crippen molar-refractivity contribution in [3.8, 4) is 0 Å². The zero-order chi connectivity index (χ0) is 22.3. The molecule has 11 heteroatoms.